The first-order valence-corrected chi connectivity index (χ1v) is 7.88. The van der Waals surface area contributed by atoms with E-state index in [-0.39, 0.29) is 17.3 Å². The summed E-state index contributed by atoms with van der Waals surface area (Å²) in [4.78, 5) is 20.3. The molecule has 0 saturated heterocycles. The highest BCUT2D eigenvalue weighted by Gasteiger charge is 2.09. The van der Waals surface area contributed by atoms with Gasteiger partial charge in [0.15, 0.2) is 0 Å². The lowest BCUT2D eigenvalue weighted by molar-refractivity contribution is 0.102. The first kappa shape index (κ1) is 17.1. The van der Waals surface area contributed by atoms with Crippen molar-refractivity contribution in [3.63, 3.8) is 0 Å². The van der Waals surface area contributed by atoms with E-state index in [4.69, 9.17) is 23.2 Å². The Balaban J connectivity index is 1.69. The van der Waals surface area contributed by atoms with Crippen LogP contribution in [-0.4, -0.2) is 15.9 Å². The van der Waals surface area contributed by atoms with Gasteiger partial charge >= 0.3 is 0 Å². The van der Waals surface area contributed by atoms with Crippen LogP contribution in [0.5, 0.6) is 0 Å². The molecule has 8 heteroatoms. The van der Waals surface area contributed by atoms with E-state index < -0.39 is 5.91 Å². The molecule has 0 spiro atoms. The van der Waals surface area contributed by atoms with Gasteiger partial charge in [0.2, 0.25) is 5.95 Å². The highest BCUT2D eigenvalue weighted by atomic mass is 35.5. The quantitative estimate of drug-likeness (QED) is 0.678. The van der Waals surface area contributed by atoms with E-state index in [1.807, 2.05) is 0 Å². The second-order valence-electron chi connectivity index (χ2n) is 5.01. The monoisotopic (exact) mass is 376 g/mol. The summed E-state index contributed by atoms with van der Waals surface area (Å²) >= 11 is 11.9. The highest BCUT2D eigenvalue weighted by Crippen LogP contribution is 2.27. The molecule has 0 radical (unpaired) electrons. The van der Waals surface area contributed by atoms with Crippen LogP contribution in [0.3, 0.4) is 0 Å². The third-order valence-corrected chi connectivity index (χ3v) is 3.74. The lowest BCUT2D eigenvalue weighted by Gasteiger charge is -2.08. The molecule has 5 nitrogen and oxygen atoms in total. The molecule has 2 N–H and O–H groups in total. The number of rotatable bonds is 4. The summed E-state index contributed by atoms with van der Waals surface area (Å²) in [5.41, 5.74) is 1.33. The number of amides is 1. The van der Waals surface area contributed by atoms with Crippen LogP contribution in [0.2, 0.25) is 10.0 Å². The number of nitrogens with one attached hydrogen (secondary N) is 2. The smallest absolute Gasteiger partial charge is 0.258 e. The molecule has 3 aromatic rings. The second-order valence-corrected chi connectivity index (χ2v) is 5.85. The van der Waals surface area contributed by atoms with Gasteiger partial charge in [-0.15, -0.1) is 0 Å². The highest BCUT2D eigenvalue weighted by molar-refractivity contribution is 6.36. The van der Waals surface area contributed by atoms with Crippen LogP contribution < -0.4 is 10.6 Å². The zero-order valence-electron chi connectivity index (χ0n) is 12.6. The van der Waals surface area contributed by atoms with Crippen LogP contribution in [0.15, 0.2) is 54.9 Å². The maximum atomic E-state index is 12.9. The average Bonchev–Trinajstić information content (AvgIpc) is 2.60. The van der Waals surface area contributed by atoms with Gasteiger partial charge in [0.05, 0.1) is 16.3 Å². The van der Waals surface area contributed by atoms with Crippen molar-refractivity contribution in [2.24, 2.45) is 0 Å². The summed E-state index contributed by atoms with van der Waals surface area (Å²) < 4.78 is 12.9. The van der Waals surface area contributed by atoms with Crippen molar-refractivity contribution in [3.8, 4) is 0 Å². The van der Waals surface area contributed by atoms with E-state index in [1.54, 1.807) is 18.2 Å². The van der Waals surface area contributed by atoms with E-state index >= 15 is 0 Å². The lowest BCUT2D eigenvalue weighted by atomic mass is 10.2. The third-order valence-electron chi connectivity index (χ3n) is 3.19. The number of aromatic nitrogens is 2. The van der Waals surface area contributed by atoms with Gasteiger partial charge in [0.1, 0.15) is 5.82 Å². The molecule has 0 aliphatic heterocycles. The van der Waals surface area contributed by atoms with Crippen molar-refractivity contribution in [1.29, 1.82) is 0 Å². The Hall–Kier alpha value is -2.70. The average molecular weight is 377 g/mol. The zero-order chi connectivity index (χ0) is 17.8. The third kappa shape index (κ3) is 4.43. The standard InChI is InChI=1S/C17H11Cl2FN4O/c18-11-1-6-15(14(19)7-11)24-17-21-8-10(9-22-17)16(25)23-13-4-2-12(20)3-5-13/h1-9H,(H,23,25)(H,21,22,24). The minimum atomic E-state index is -0.400. The number of hydrogen-bond donors (Lipinski definition) is 2. The van der Waals surface area contributed by atoms with Crippen molar-refractivity contribution >= 4 is 46.4 Å². The molecule has 0 unspecified atom stereocenters. The predicted molar refractivity (Wildman–Crippen MR) is 96.1 cm³/mol. The zero-order valence-corrected chi connectivity index (χ0v) is 14.1. The van der Waals surface area contributed by atoms with Crippen molar-refractivity contribution < 1.29 is 9.18 Å². The van der Waals surface area contributed by atoms with Crippen LogP contribution in [0.25, 0.3) is 0 Å². The molecule has 0 fully saturated rings. The molecule has 1 heterocycles. The molecule has 0 aliphatic carbocycles. The van der Waals surface area contributed by atoms with E-state index in [0.717, 1.165) is 0 Å². The van der Waals surface area contributed by atoms with E-state index in [0.29, 0.717) is 21.4 Å². The van der Waals surface area contributed by atoms with Gasteiger partial charge in [-0.25, -0.2) is 14.4 Å². The van der Waals surface area contributed by atoms with Crippen molar-refractivity contribution in [1.82, 2.24) is 9.97 Å². The second kappa shape index (κ2) is 7.46. The maximum Gasteiger partial charge on any atom is 0.258 e. The van der Waals surface area contributed by atoms with Crippen LogP contribution >= 0.6 is 23.2 Å². The largest absolute Gasteiger partial charge is 0.323 e. The van der Waals surface area contributed by atoms with Crippen LogP contribution in [-0.2, 0) is 0 Å². The number of hydrogen-bond acceptors (Lipinski definition) is 4. The Morgan fingerprint density at radius 1 is 1.00 bits per heavy atom. The van der Waals surface area contributed by atoms with Gasteiger partial charge in [-0.1, -0.05) is 23.2 Å². The molecule has 0 bridgehead atoms. The summed E-state index contributed by atoms with van der Waals surface area (Å²) in [7, 11) is 0. The summed E-state index contributed by atoms with van der Waals surface area (Å²) in [6.45, 7) is 0. The Bertz CT molecular complexity index is 902. The van der Waals surface area contributed by atoms with Crippen molar-refractivity contribution in [3.05, 3.63) is 76.3 Å². The van der Waals surface area contributed by atoms with Crippen LogP contribution in [0.4, 0.5) is 21.7 Å². The fourth-order valence-corrected chi connectivity index (χ4v) is 2.41. The fraction of sp³-hybridized carbons (Fsp3) is 0. The molecule has 0 atom stereocenters. The molecule has 25 heavy (non-hydrogen) atoms. The molecular formula is C17H11Cl2FN4O. The van der Waals surface area contributed by atoms with Crippen molar-refractivity contribution in [2.75, 3.05) is 10.6 Å². The molecule has 3 rings (SSSR count). The molecule has 2 aromatic carbocycles. The minimum absolute atomic E-state index is 0.261. The molecule has 0 aliphatic rings. The molecule has 0 saturated carbocycles. The van der Waals surface area contributed by atoms with Crippen LogP contribution in [0.1, 0.15) is 10.4 Å². The summed E-state index contributed by atoms with van der Waals surface area (Å²) in [5.74, 6) is -0.497. The van der Waals surface area contributed by atoms with Gasteiger partial charge in [-0.05, 0) is 42.5 Å². The van der Waals surface area contributed by atoms with E-state index in [9.17, 15) is 9.18 Å². The number of carbonyl (C=O) groups is 1. The topological polar surface area (TPSA) is 66.9 Å². The summed E-state index contributed by atoms with van der Waals surface area (Å²) in [5, 5.41) is 6.51. The SMILES string of the molecule is O=C(Nc1ccc(F)cc1)c1cnc(Nc2ccc(Cl)cc2Cl)nc1. The maximum absolute atomic E-state index is 12.9. The Morgan fingerprint density at radius 3 is 2.32 bits per heavy atom. The van der Waals surface area contributed by atoms with Gasteiger partial charge in [0, 0.05) is 23.1 Å². The number of anilines is 3. The molecule has 1 amide bonds. The molecular weight excluding hydrogens is 366 g/mol. The predicted octanol–water partition coefficient (Wildman–Crippen LogP) is 4.92. The van der Waals surface area contributed by atoms with Gasteiger partial charge in [0.25, 0.3) is 5.91 Å². The first-order chi connectivity index (χ1) is 12.0. The Morgan fingerprint density at radius 2 is 1.68 bits per heavy atom. The number of halogens is 3. The lowest BCUT2D eigenvalue weighted by Crippen LogP contribution is -2.13. The number of nitrogens with zero attached hydrogens (tertiary/aromatic N) is 2. The van der Waals surface area contributed by atoms with E-state index in [2.05, 4.69) is 20.6 Å². The fourth-order valence-electron chi connectivity index (χ4n) is 1.96. The summed E-state index contributed by atoms with van der Waals surface area (Å²) in [6, 6.07) is 10.4. The minimum Gasteiger partial charge on any atom is -0.323 e. The number of carbonyl (C=O) groups excluding carboxylic acids is 1. The molecule has 126 valence electrons. The number of benzene rings is 2. The van der Waals surface area contributed by atoms with E-state index in [1.165, 1.54) is 36.7 Å². The van der Waals surface area contributed by atoms with Gasteiger partial charge in [-0.2, -0.15) is 0 Å². The first-order valence-electron chi connectivity index (χ1n) is 7.12. The molecule has 1 aromatic heterocycles. The Labute approximate surface area is 152 Å². The van der Waals surface area contributed by atoms with Gasteiger partial charge < -0.3 is 10.6 Å². The van der Waals surface area contributed by atoms with Crippen LogP contribution in [0, 0.1) is 5.82 Å². The Kier molecular flexibility index (Phi) is 5.11. The normalized spacial score (nSPS) is 10.4. The van der Waals surface area contributed by atoms with Crippen molar-refractivity contribution in [2.45, 2.75) is 0 Å². The van der Waals surface area contributed by atoms with Gasteiger partial charge in [-0.3, -0.25) is 4.79 Å². The summed E-state index contributed by atoms with van der Waals surface area (Å²) in [6.07, 6.45) is 2.75.